The van der Waals surface area contributed by atoms with Crippen LogP contribution in [0.2, 0.25) is 0 Å². The van der Waals surface area contributed by atoms with Crippen molar-refractivity contribution in [2.75, 3.05) is 16.7 Å². The van der Waals surface area contributed by atoms with E-state index in [4.69, 9.17) is 4.74 Å². The summed E-state index contributed by atoms with van der Waals surface area (Å²) in [5.74, 6) is -0.952. The number of rotatable bonds is 5. The topological polar surface area (TPSA) is 92.8 Å². The molecule has 164 valence electrons. The van der Waals surface area contributed by atoms with Gasteiger partial charge in [0.15, 0.2) is 0 Å². The molecule has 3 aromatic rings. The molecule has 0 aliphatic carbocycles. The van der Waals surface area contributed by atoms with Crippen LogP contribution in [-0.2, 0) is 21.2 Å². The third kappa shape index (κ3) is 3.85. The summed E-state index contributed by atoms with van der Waals surface area (Å²) < 4.78 is 32.6. The van der Waals surface area contributed by atoms with Crippen LogP contribution in [0.5, 0.6) is 0 Å². The highest BCUT2D eigenvalue weighted by Gasteiger charge is 2.36. The Kier molecular flexibility index (Phi) is 5.71. The molecule has 1 heterocycles. The minimum Gasteiger partial charge on any atom is -0.465 e. The largest absolute Gasteiger partial charge is 0.465 e. The molecule has 7 nitrogen and oxygen atoms in total. The SMILES string of the molecule is COC(=O)c1ccccc1NC(=O)c1ccc2c(c1)C[C@@H](C)N2S(=O)(=O)c1ccccc1. The van der Waals surface area contributed by atoms with Crippen molar-refractivity contribution in [1.29, 1.82) is 0 Å². The standard InChI is InChI=1S/C24H22N2O5S/c1-16-14-18-15-17(23(27)25-21-11-7-6-10-20(21)24(28)31-2)12-13-22(18)26(16)32(29,30)19-8-4-3-5-9-19/h3-13,15-16H,14H2,1-2H3,(H,25,27)/t16-/m1/s1. The van der Waals surface area contributed by atoms with Crippen molar-refractivity contribution < 1.29 is 22.7 Å². The maximum absolute atomic E-state index is 13.2. The van der Waals surface area contributed by atoms with E-state index in [9.17, 15) is 18.0 Å². The monoisotopic (exact) mass is 450 g/mol. The van der Waals surface area contributed by atoms with Crippen molar-refractivity contribution in [1.82, 2.24) is 0 Å². The number of ether oxygens (including phenoxy) is 1. The fourth-order valence-corrected chi connectivity index (χ4v) is 5.60. The Bertz CT molecular complexity index is 1290. The van der Waals surface area contributed by atoms with E-state index in [1.54, 1.807) is 72.8 Å². The first kappa shape index (κ1) is 21.6. The number of methoxy groups -OCH3 is 1. The molecule has 1 aliphatic heterocycles. The van der Waals surface area contributed by atoms with Gasteiger partial charge in [-0.1, -0.05) is 30.3 Å². The predicted octanol–water partition coefficient (Wildman–Crippen LogP) is 3.87. The van der Waals surface area contributed by atoms with Gasteiger partial charge >= 0.3 is 5.97 Å². The van der Waals surface area contributed by atoms with Gasteiger partial charge in [0.25, 0.3) is 15.9 Å². The molecule has 32 heavy (non-hydrogen) atoms. The fraction of sp³-hybridized carbons (Fsp3) is 0.167. The van der Waals surface area contributed by atoms with Crippen LogP contribution in [0.1, 0.15) is 33.2 Å². The fourth-order valence-electron chi connectivity index (χ4n) is 3.89. The van der Waals surface area contributed by atoms with Gasteiger partial charge in [0.2, 0.25) is 0 Å². The van der Waals surface area contributed by atoms with Crippen molar-refractivity contribution in [3.05, 3.63) is 89.5 Å². The number of nitrogens with one attached hydrogen (secondary N) is 1. The van der Waals surface area contributed by atoms with Crippen molar-refractivity contribution in [2.45, 2.75) is 24.3 Å². The normalized spacial score (nSPS) is 15.2. The summed E-state index contributed by atoms with van der Waals surface area (Å²) in [6.45, 7) is 1.84. The quantitative estimate of drug-likeness (QED) is 0.596. The highest BCUT2D eigenvalue weighted by Crippen LogP contribution is 2.37. The Morgan fingerprint density at radius 3 is 2.41 bits per heavy atom. The number of amides is 1. The molecule has 1 atom stereocenters. The summed E-state index contributed by atoms with van der Waals surface area (Å²) in [5.41, 5.74) is 2.29. The average molecular weight is 451 g/mol. The molecule has 0 saturated heterocycles. The summed E-state index contributed by atoms with van der Waals surface area (Å²) in [7, 11) is -2.44. The van der Waals surface area contributed by atoms with E-state index in [1.807, 2.05) is 6.92 Å². The van der Waals surface area contributed by atoms with Crippen molar-refractivity contribution in [2.24, 2.45) is 0 Å². The first-order chi connectivity index (χ1) is 15.3. The molecule has 0 unspecified atom stereocenters. The van der Waals surface area contributed by atoms with Crippen LogP contribution in [0, 0.1) is 0 Å². The van der Waals surface area contributed by atoms with E-state index in [0.29, 0.717) is 23.4 Å². The molecular formula is C24H22N2O5S. The number of carbonyl (C=O) groups is 2. The van der Waals surface area contributed by atoms with Crippen LogP contribution in [0.4, 0.5) is 11.4 Å². The molecule has 1 amide bonds. The zero-order valence-corrected chi connectivity index (χ0v) is 18.4. The van der Waals surface area contributed by atoms with Gasteiger partial charge in [0.1, 0.15) is 0 Å². The lowest BCUT2D eigenvalue weighted by atomic mass is 10.1. The van der Waals surface area contributed by atoms with Crippen molar-refractivity contribution in [3.63, 3.8) is 0 Å². The molecule has 0 bridgehead atoms. The van der Waals surface area contributed by atoms with Gasteiger partial charge in [-0.05, 0) is 61.4 Å². The number of esters is 1. The number of fused-ring (bicyclic) bond motifs is 1. The molecule has 0 saturated carbocycles. The zero-order chi connectivity index (χ0) is 22.9. The lowest BCUT2D eigenvalue weighted by Gasteiger charge is -2.24. The van der Waals surface area contributed by atoms with E-state index < -0.39 is 21.9 Å². The third-order valence-corrected chi connectivity index (χ3v) is 7.32. The third-order valence-electron chi connectivity index (χ3n) is 5.38. The molecule has 1 N–H and O–H groups in total. The van der Waals surface area contributed by atoms with Crippen LogP contribution >= 0.6 is 0 Å². The number of anilines is 2. The van der Waals surface area contributed by atoms with Crippen molar-refractivity contribution >= 4 is 33.3 Å². The summed E-state index contributed by atoms with van der Waals surface area (Å²) in [4.78, 5) is 25.0. The van der Waals surface area contributed by atoms with Crippen LogP contribution < -0.4 is 9.62 Å². The number of nitrogens with zero attached hydrogens (tertiary/aromatic N) is 1. The van der Waals surface area contributed by atoms with E-state index in [-0.39, 0.29) is 16.5 Å². The van der Waals surface area contributed by atoms with Gasteiger partial charge < -0.3 is 10.1 Å². The maximum atomic E-state index is 13.2. The number of sulfonamides is 1. The number of benzene rings is 3. The number of para-hydroxylation sites is 1. The smallest absolute Gasteiger partial charge is 0.339 e. The minimum absolute atomic E-state index is 0.223. The first-order valence-electron chi connectivity index (χ1n) is 10.0. The first-order valence-corrected chi connectivity index (χ1v) is 11.5. The molecule has 0 spiro atoms. The Labute approximate surface area is 186 Å². The van der Waals surface area contributed by atoms with Gasteiger partial charge in [0, 0.05) is 11.6 Å². The second-order valence-electron chi connectivity index (χ2n) is 7.50. The molecule has 3 aromatic carbocycles. The van der Waals surface area contributed by atoms with Crippen LogP contribution in [0.25, 0.3) is 0 Å². The number of hydrogen-bond acceptors (Lipinski definition) is 5. The molecule has 1 aliphatic rings. The highest BCUT2D eigenvalue weighted by atomic mass is 32.2. The predicted molar refractivity (Wildman–Crippen MR) is 121 cm³/mol. The summed E-state index contributed by atoms with van der Waals surface area (Å²) in [6.07, 6.45) is 0.487. The maximum Gasteiger partial charge on any atom is 0.339 e. The van der Waals surface area contributed by atoms with Gasteiger partial charge in [-0.25, -0.2) is 13.2 Å². The molecule has 4 rings (SSSR count). The molecular weight excluding hydrogens is 428 g/mol. The van der Waals surface area contributed by atoms with Crippen LogP contribution in [-0.4, -0.2) is 33.4 Å². The molecule has 0 radical (unpaired) electrons. The van der Waals surface area contributed by atoms with Crippen molar-refractivity contribution in [3.8, 4) is 0 Å². The molecule has 8 heteroatoms. The zero-order valence-electron chi connectivity index (χ0n) is 17.6. The van der Waals surface area contributed by atoms with Gasteiger partial charge in [-0.3, -0.25) is 9.10 Å². The lowest BCUT2D eigenvalue weighted by Crippen LogP contribution is -2.35. The average Bonchev–Trinajstić information content (AvgIpc) is 3.15. The summed E-state index contributed by atoms with van der Waals surface area (Å²) >= 11 is 0. The minimum atomic E-state index is -3.72. The summed E-state index contributed by atoms with van der Waals surface area (Å²) in [6, 6.07) is 19.5. The Morgan fingerprint density at radius 2 is 1.69 bits per heavy atom. The van der Waals surface area contributed by atoms with Gasteiger partial charge in [0.05, 0.1) is 28.9 Å². The highest BCUT2D eigenvalue weighted by molar-refractivity contribution is 7.92. The van der Waals surface area contributed by atoms with Crippen LogP contribution in [0.3, 0.4) is 0 Å². The molecule has 0 fully saturated rings. The number of hydrogen-bond donors (Lipinski definition) is 1. The molecule has 0 aromatic heterocycles. The second-order valence-corrected chi connectivity index (χ2v) is 9.32. The van der Waals surface area contributed by atoms with Gasteiger partial charge in [-0.15, -0.1) is 0 Å². The van der Waals surface area contributed by atoms with E-state index in [1.165, 1.54) is 11.4 Å². The summed E-state index contributed by atoms with van der Waals surface area (Å²) in [5, 5.41) is 2.74. The Hall–Kier alpha value is -3.65. The van der Waals surface area contributed by atoms with Crippen LogP contribution in [0.15, 0.2) is 77.7 Å². The Balaban J connectivity index is 1.63. The van der Waals surface area contributed by atoms with E-state index in [0.717, 1.165) is 5.56 Å². The number of carbonyl (C=O) groups excluding carboxylic acids is 2. The Morgan fingerprint density at radius 1 is 1.00 bits per heavy atom. The second kappa shape index (κ2) is 8.47. The van der Waals surface area contributed by atoms with E-state index >= 15 is 0 Å². The van der Waals surface area contributed by atoms with E-state index in [2.05, 4.69) is 5.32 Å². The lowest BCUT2D eigenvalue weighted by molar-refractivity contribution is 0.0602. The van der Waals surface area contributed by atoms with Gasteiger partial charge in [-0.2, -0.15) is 0 Å².